The molecule has 65 heavy (non-hydrogen) atoms. The summed E-state index contributed by atoms with van der Waals surface area (Å²) < 4.78 is 17.4. The predicted molar refractivity (Wildman–Crippen MR) is 246 cm³/mol. The summed E-state index contributed by atoms with van der Waals surface area (Å²) in [5, 5.41) is 12.1. The number of aromatic nitrogens is 1. The quantitative estimate of drug-likeness (QED) is 0.0329. The number of nitrogens with one attached hydrogen (secondary N) is 2. The Kier molecular flexibility index (Phi) is 12.6. The maximum Gasteiger partial charge on any atom is 0.359 e. The number of thioether (sulfide) groups is 1. The molecule has 0 saturated carbocycles. The summed E-state index contributed by atoms with van der Waals surface area (Å²) in [5.41, 5.74) is 4.03. The lowest BCUT2D eigenvalue weighted by Crippen LogP contribution is -2.71. The van der Waals surface area contributed by atoms with E-state index < -0.39 is 46.8 Å². The van der Waals surface area contributed by atoms with Crippen LogP contribution >= 0.6 is 23.1 Å². The van der Waals surface area contributed by atoms with Crippen LogP contribution < -0.4 is 10.6 Å². The number of oxime groups is 1. The fraction of sp³-hybridized carbons (Fsp3) is 0.160. The van der Waals surface area contributed by atoms with E-state index in [2.05, 4.69) is 52.2 Å². The first-order valence-corrected chi connectivity index (χ1v) is 22.6. The predicted octanol–water partition coefficient (Wildman–Crippen LogP) is 7.34. The topological polar surface area (TPSA) is 158 Å². The molecular weight excluding hydrogens is 863 g/mol. The standard InChI is InChI=1S/C50H41N5O8S2/c1-60-54-41(38-30-65-49(51-38)53-50(35-21-11-4-12-22-35,36-23-13-5-14-24-36)37-25-15-6-16-26-37)45(57)52-42-46(58)55-43(39(31-64-47(42)55)61-28-32-27-40(56)62-29-32)48(59)63-44(33-17-7-2-8-18-33)34-19-9-3-10-20-34/h2-27,30,42,44,47H,28-29,31H2,1H3,(H,51,53)(H,52,57)/b54-41-/t42-,47+/m1/s1. The Hall–Kier alpha value is -7.49. The SMILES string of the molecule is CO/N=C(\C(=O)N[C@@H]1C(=O)N2C(C(=O)OC(c3ccccc3)c3ccccc3)=C(OCC3=CC(=O)OC3)CS[C@@H]12)c1csc(NC(c2ccccc2)(c2ccccc2)c2ccccc2)n1. The number of thiazole rings is 1. The van der Waals surface area contributed by atoms with E-state index in [1.54, 1.807) is 5.38 Å². The van der Waals surface area contributed by atoms with Gasteiger partial charge in [0.05, 0.1) is 5.75 Å². The minimum atomic E-state index is -1.06. The number of nitrogens with zero attached hydrogens (tertiary/aromatic N) is 3. The van der Waals surface area contributed by atoms with Crippen LogP contribution in [0.1, 0.15) is 39.6 Å². The van der Waals surface area contributed by atoms with Crippen LogP contribution in [0.3, 0.4) is 0 Å². The van der Waals surface area contributed by atoms with Gasteiger partial charge in [0.15, 0.2) is 22.6 Å². The molecule has 2 atom stereocenters. The molecule has 1 aromatic heterocycles. The van der Waals surface area contributed by atoms with Gasteiger partial charge in [-0.3, -0.25) is 14.5 Å². The van der Waals surface area contributed by atoms with Crippen LogP contribution in [-0.2, 0) is 43.8 Å². The lowest BCUT2D eigenvalue weighted by Gasteiger charge is -2.49. The summed E-state index contributed by atoms with van der Waals surface area (Å²) in [6.45, 7) is 0.00885. The van der Waals surface area contributed by atoms with Gasteiger partial charge in [-0.1, -0.05) is 157 Å². The maximum atomic E-state index is 14.4. The van der Waals surface area contributed by atoms with Crippen LogP contribution in [0.4, 0.5) is 5.13 Å². The van der Waals surface area contributed by atoms with Gasteiger partial charge in [0.2, 0.25) is 0 Å². The van der Waals surface area contributed by atoms with E-state index in [1.165, 1.54) is 41.2 Å². The zero-order valence-corrected chi connectivity index (χ0v) is 36.5. The molecule has 1 fully saturated rings. The highest BCUT2D eigenvalue weighted by molar-refractivity contribution is 8.00. The second-order valence-electron chi connectivity index (χ2n) is 15.1. The lowest BCUT2D eigenvalue weighted by atomic mass is 9.77. The molecule has 2 amide bonds. The molecule has 4 heterocycles. The highest BCUT2D eigenvalue weighted by atomic mass is 32.2. The molecule has 3 aliphatic heterocycles. The number of esters is 2. The lowest BCUT2D eigenvalue weighted by molar-refractivity contribution is -0.155. The zero-order valence-electron chi connectivity index (χ0n) is 34.9. The average molecular weight is 904 g/mol. The molecule has 0 spiro atoms. The normalized spacial score (nSPS) is 17.1. The van der Waals surface area contributed by atoms with E-state index in [-0.39, 0.29) is 41.8 Å². The Morgan fingerprint density at radius 3 is 1.91 bits per heavy atom. The smallest absolute Gasteiger partial charge is 0.359 e. The summed E-state index contributed by atoms with van der Waals surface area (Å²) in [5.74, 6) is -2.20. The number of amides is 2. The molecule has 13 nitrogen and oxygen atoms in total. The molecule has 15 heteroatoms. The number of anilines is 1. The largest absolute Gasteiger partial charge is 0.490 e. The first kappa shape index (κ1) is 42.8. The van der Waals surface area contributed by atoms with Crippen LogP contribution in [0.2, 0.25) is 0 Å². The van der Waals surface area contributed by atoms with Gasteiger partial charge in [0.25, 0.3) is 11.8 Å². The Labute approximate surface area is 382 Å². The van der Waals surface area contributed by atoms with E-state index in [1.807, 2.05) is 115 Å². The molecule has 0 bridgehead atoms. The number of cyclic esters (lactones) is 1. The van der Waals surface area contributed by atoms with Crippen LogP contribution in [0.25, 0.3) is 0 Å². The third-order valence-corrected chi connectivity index (χ3v) is 13.1. The molecule has 326 valence electrons. The molecule has 2 N–H and O–H groups in total. The van der Waals surface area contributed by atoms with E-state index >= 15 is 0 Å². The second-order valence-corrected chi connectivity index (χ2v) is 17.0. The Morgan fingerprint density at radius 2 is 1.38 bits per heavy atom. The van der Waals surface area contributed by atoms with Crippen LogP contribution in [-0.4, -0.2) is 76.8 Å². The van der Waals surface area contributed by atoms with E-state index in [9.17, 15) is 19.2 Å². The molecular formula is C50H41N5O8S2. The fourth-order valence-corrected chi connectivity index (χ4v) is 10.0. The summed E-state index contributed by atoms with van der Waals surface area (Å²) in [4.78, 5) is 66.0. The zero-order chi connectivity index (χ0) is 44.8. The maximum absolute atomic E-state index is 14.4. The number of fused-ring (bicyclic) bond motifs is 1. The molecule has 0 aliphatic carbocycles. The number of carbonyl (C=O) groups is 4. The highest BCUT2D eigenvalue weighted by Crippen LogP contribution is 2.43. The Bertz CT molecular complexity index is 2650. The van der Waals surface area contributed by atoms with Crippen molar-refractivity contribution in [3.63, 3.8) is 0 Å². The summed E-state index contributed by atoms with van der Waals surface area (Å²) in [7, 11) is 1.32. The van der Waals surface area contributed by atoms with Crippen molar-refractivity contribution in [2.24, 2.45) is 5.16 Å². The molecule has 0 radical (unpaired) electrons. The van der Waals surface area contributed by atoms with Gasteiger partial charge in [0, 0.05) is 17.0 Å². The van der Waals surface area contributed by atoms with Crippen molar-refractivity contribution in [3.8, 4) is 0 Å². The molecule has 1 saturated heterocycles. The first-order valence-electron chi connectivity index (χ1n) is 20.6. The number of rotatable bonds is 16. The van der Waals surface area contributed by atoms with E-state index in [4.69, 9.17) is 24.0 Å². The van der Waals surface area contributed by atoms with Gasteiger partial charge < -0.3 is 29.7 Å². The van der Waals surface area contributed by atoms with Crippen molar-refractivity contribution in [2.45, 2.75) is 23.1 Å². The second kappa shape index (κ2) is 19.1. The van der Waals surface area contributed by atoms with E-state index in [0.29, 0.717) is 10.7 Å². The molecule has 0 unspecified atom stereocenters. The molecule has 6 aromatic rings. The minimum Gasteiger partial charge on any atom is -0.490 e. The number of ether oxygens (including phenoxy) is 3. The highest BCUT2D eigenvalue weighted by Gasteiger charge is 2.56. The van der Waals surface area contributed by atoms with Gasteiger partial charge in [-0.15, -0.1) is 23.1 Å². The summed E-state index contributed by atoms with van der Waals surface area (Å²) in [6, 6.07) is 47.6. The molecule has 9 rings (SSSR count). The Morgan fingerprint density at radius 1 is 0.831 bits per heavy atom. The van der Waals surface area contributed by atoms with Crippen molar-refractivity contribution in [1.29, 1.82) is 0 Å². The number of hydrogen-bond acceptors (Lipinski definition) is 13. The number of β-lactam (4-membered cyclic amide) rings is 1. The number of carbonyl (C=O) groups excluding carboxylic acids is 4. The molecule has 5 aromatic carbocycles. The van der Waals surface area contributed by atoms with Crippen molar-refractivity contribution in [2.75, 3.05) is 31.4 Å². The average Bonchev–Trinajstić information content (AvgIpc) is 4.01. The Balaban J connectivity index is 0.979. The van der Waals surface area contributed by atoms with Gasteiger partial charge in [-0.05, 0) is 27.8 Å². The van der Waals surface area contributed by atoms with Crippen LogP contribution in [0.5, 0.6) is 0 Å². The van der Waals surface area contributed by atoms with Crippen LogP contribution in [0.15, 0.2) is 185 Å². The van der Waals surface area contributed by atoms with Crippen molar-refractivity contribution in [1.82, 2.24) is 15.2 Å². The number of hydrogen-bond donors (Lipinski definition) is 2. The third kappa shape index (κ3) is 8.75. The van der Waals surface area contributed by atoms with Gasteiger partial charge in [0.1, 0.15) is 48.7 Å². The van der Waals surface area contributed by atoms with Crippen molar-refractivity contribution < 1.29 is 38.2 Å². The van der Waals surface area contributed by atoms with Crippen molar-refractivity contribution in [3.05, 3.63) is 214 Å². The first-order chi connectivity index (χ1) is 31.8. The summed E-state index contributed by atoms with van der Waals surface area (Å²) >= 11 is 2.59. The van der Waals surface area contributed by atoms with Gasteiger partial charge >= 0.3 is 11.9 Å². The van der Waals surface area contributed by atoms with Crippen molar-refractivity contribution >= 4 is 57.7 Å². The monoisotopic (exact) mass is 903 g/mol. The molecule has 3 aliphatic rings. The summed E-state index contributed by atoms with van der Waals surface area (Å²) in [6.07, 6.45) is 0.524. The van der Waals surface area contributed by atoms with Crippen LogP contribution in [0, 0.1) is 0 Å². The number of benzene rings is 5. The third-order valence-electron chi connectivity index (χ3n) is 11.1. The van der Waals surface area contributed by atoms with Gasteiger partial charge in [-0.25, -0.2) is 14.6 Å². The minimum absolute atomic E-state index is 0.0451. The fourth-order valence-electron chi connectivity index (χ4n) is 8.00. The van der Waals surface area contributed by atoms with Gasteiger partial charge in [-0.2, -0.15) is 0 Å². The van der Waals surface area contributed by atoms with E-state index in [0.717, 1.165) is 27.8 Å².